The number of unbranched alkanes of at least 4 members (excludes halogenated alkanes) is 11. The minimum atomic E-state index is -0.211. The zero-order chi connectivity index (χ0) is 27.6. The van der Waals surface area contributed by atoms with Crippen molar-refractivity contribution >= 4 is 5.78 Å². The molecule has 1 saturated heterocycles. The van der Waals surface area contributed by atoms with Crippen LogP contribution in [0.5, 0.6) is 17.2 Å². The Bertz CT molecular complexity index is 747. The molecule has 1 fully saturated rings. The number of ketones is 1. The summed E-state index contributed by atoms with van der Waals surface area (Å²) in [7, 11) is 4.97. The van der Waals surface area contributed by atoms with Crippen molar-refractivity contribution in [2.24, 2.45) is 5.92 Å². The summed E-state index contributed by atoms with van der Waals surface area (Å²) in [6, 6.07) is 3.76. The van der Waals surface area contributed by atoms with Crippen molar-refractivity contribution in [3.8, 4) is 17.2 Å². The lowest BCUT2D eigenvalue weighted by molar-refractivity contribution is -0.121. The van der Waals surface area contributed by atoms with Crippen LogP contribution in [0, 0.1) is 5.92 Å². The molecule has 2 rings (SSSR count). The molecule has 218 valence electrons. The van der Waals surface area contributed by atoms with Gasteiger partial charge in [-0.25, -0.2) is 0 Å². The van der Waals surface area contributed by atoms with Gasteiger partial charge in [0.2, 0.25) is 0 Å². The molecule has 1 unspecified atom stereocenters. The van der Waals surface area contributed by atoms with Crippen molar-refractivity contribution in [1.29, 1.82) is 0 Å². The van der Waals surface area contributed by atoms with Crippen molar-refractivity contribution in [3.63, 3.8) is 0 Å². The van der Waals surface area contributed by atoms with Gasteiger partial charge in [0.1, 0.15) is 23.0 Å². The van der Waals surface area contributed by atoms with E-state index in [0.717, 1.165) is 44.0 Å². The first-order valence-corrected chi connectivity index (χ1v) is 15.6. The van der Waals surface area contributed by atoms with E-state index in [1.165, 1.54) is 83.5 Å². The quantitative estimate of drug-likeness (QED) is 0.149. The molecule has 0 saturated carbocycles. The molecule has 0 aliphatic carbocycles. The van der Waals surface area contributed by atoms with Crippen molar-refractivity contribution in [2.45, 2.75) is 122 Å². The molecule has 0 radical (unpaired) electrons. The molecular formula is C33H57NO4. The van der Waals surface area contributed by atoms with Crippen molar-refractivity contribution in [2.75, 3.05) is 41.0 Å². The van der Waals surface area contributed by atoms with E-state index in [1.807, 2.05) is 12.1 Å². The van der Waals surface area contributed by atoms with Crippen LogP contribution in [0.3, 0.4) is 0 Å². The summed E-state index contributed by atoms with van der Waals surface area (Å²) in [4.78, 5) is 16.2. The van der Waals surface area contributed by atoms with Gasteiger partial charge in [-0.3, -0.25) is 4.79 Å². The highest BCUT2D eigenvalue weighted by Crippen LogP contribution is 2.42. The lowest BCUT2D eigenvalue weighted by Gasteiger charge is -2.30. The standard InChI is InChI=1S/C33H57NO4/c1-6-7-8-9-10-11-12-13-14-15-16-17-18-29(30(35)21-24-34-22-19-27(2)20-23-34)33-31(37-4)25-28(36-3)26-32(33)38-5/h25-27,29H,6-24H2,1-5H3. The van der Waals surface area contributed by atoms with E-state index in [1.54, 1.807) is 21.3 Å². The molecule has 0 spiro atoms. The predicted octanol–water partition coefficient (Wildman–Crippen LogP) is 8.58. The van der Waals surface area contributed by atoms with E-state index >= 15 is 0 Å². The van der Waals surface area contributed by atoms with Gasteiger partial charge in [-0.1, -0.05) is 90.9 Å². The molecule has 0 aromatic heterocycles. The lowest BCUT2D eigenvalue weighted by atomic mass is 9.86. The number of hydrogen-bond donors (Lipinski definition) is 0. The number of hydrogen-bond acceptors (Lipinski definition) is 5. The third-order valence-electron chi connectivity index (χ3n) is 8.39. The summed E-state index contributed by atoms with van der Waals surface area (Å²) >= 11 is 0. The van der Waals surface area contributed by atoms with Crippen LogP contribution in [0.4, 0.5) is 0 Å². The van der Waals surface area contributed by atoms with Crippen LogP contribution in [0.1, 0.15) is 128 Å². The number of likely N-dealkylation sites (tertiary alicyclic amines) is 1. The topological polar surface area (TPSA) is 48.0 Å². The number of rotatable bonds is 21. The number of piperidine rings is 1. The van der Waals surface area contributed by atoms with E-state index < -0.39 is 0 Å². The summed E-state index contributed by atoms with van der Waals surface area (Å²) in [6.07, 6.45) is 19.6. The zero-order valence-corrected chi connectivity index (χ0v) is 25.3. The number of carbonyl (C=O) groups excluding carboxylic acids is 1. The molecule has 1 aliphatic heterocycles. The van der Waals surface area contributed by atoms with Crippen LogP contribution >= 0.6 is 0 Å². The molecule has 0 amide bonds. The first-order chi connectivity index (χ1) is 18.5. The molecule has 5 nitrogen and oxygen atoms in total. The van der Waals surface area contributed by atoms with Gasteiger partial charge >= 0.3 is 0 Å². The Labute approximate surface area is 234 Å². The number of Topliss-reactive ketones (excluding diaryl/α,β-unsaturated/α-hetero) is 1. The maximum atomic E-state index is 13.7. The van der Waals surface area contributed by atoms with Crippen molar-refractivity contribution in [1.82, 2.24) is 4.90 Å². The van der Waals surface area contributed by atoms with E-state index in [-0.39, 0.29) is 5.92 Å². The Hall–Kier alpha value is -1.75. The van der Waals surface area contributed by atoms with Crippen molar-refractivity contribution in [3.05, 3.63) is 17.7 Å². The summed E-state index contributed by atoms with van der Waals surface area (Å²) in [5.74, 6) is 2.94. The van der Waals surface area contributed by atoms with E-state index in [0.29, 0.717) is 29.5 Å². The van der Waals surface area contributed by atoms with E-state index in [4.69, 9.17) is 14.2 Å². The van der Waals surface area contributed by atoms with Gasteiger partial charge in [0, 0.05) is 30.7 Å². The summed E-state index contributed by atoms with van der Waals surface area (Å²) < 4.78 is 17.0. The second-order valence-electron chi connectivity index (χ2n) is 11.4. The average molecular weight is 532 g/mol. The summed E-state index contributed by atoms with van der Waals surface area (Å²) in [6.45, 7) is 7.66. The number of nitrogens with zero attached hydrogens (tertiary/aromatic N) is 1. The third kappa shape index (κ3) is 11.6. The molecular weight excluding hydrogens is 474 g/mol. The Morgan fingerprint density at radius 2 is 1.32 bits per heavy atom. The largest absolute Gasteiger partial charge is 0.496 e. The highest BCUT2D eigenvalue weighted by molar-refractivity contribution is 5.87. The van der Waals surface area contributed by atoms with Gasteiger partial charge in [-0.2, -0.15) is 0 Å². The molecule has 5 heteroatoms. The fourth-order valence-corrected chi connectivity index (χ4v) is 5.76. The minimum absolute atomic E-state index is 0.211. The molecule has 1 aromatic carbocycles. The Morgan fingerprint density at radius 1 is 0.816 bits per heavy atom. The first kappa shape index (κ1) is 32.5. The monoisotopic (exact) mass is 531 g/mol. The van der Waals surface area contributed by atoms with Crippen LogP contribution in [-0.4, -0.2) is 51.6 Å². The van der Waals surface area contributed by atoms with Gasteiger partial charge in [-0.05, 0) is 38.3 Å². The first-order valence-electron chi connectivity index (χ1n) is 15.6. The number of benzene rings is 1. The van der Waals surface area contributed by atoms with Gasteiger partial charge < -0.3 is 19.1 Å². The number of ether oxygens (including phenoxy) is 3. The minimum Gasteiger partial charge on any atom is -0.496 e. The van der Waals surface area contributed by atoms with Gasteiger partial charge in [0.05, 0.1) is 27.2 Å². The highest BCUT2D eigenvalue weighted by atomic mass is 16.5. The van der Waals surface area contributed by atoms with Gasteiger partial charge in [-0.15, -0.1) is 0 Å². The SMILES string of the molecule is CCCCCCCCCCCCCCC(C(=O)CCN1CCC(C)CC1)c1c(OC)cc(OC)cc1OC. The zero-order valence-electron chi connectivity index (χ0n) is 25.3. The molecule has 1 heterocycles. The van der Waals surface area contributed by atoms with Crippen LogP contribution in [0.2, 0.25) is 0 Å². The Balaban J connectivity index is 1.92. The van der Waals surface area contributed by atoms with Crippen LogP contribution < -0.4 is 14.2 Å². The van der Waals surface area contributed by atoms with Crippen LogP contribution in [0.15, 0.2) is 12.1 Å². The summed E-state index contributed by atoms with van der Waals surface area (Å²) in [5, 5.41) is 0. The van der Waals surface area contributed by atoms with Crippen LogP contribution in [0.25, 0.3) is 0 Å². The smallest absolute Gasteiger partial charge is 0.141 e. The Kier molecular flexibility index (Phi) is 16.5. The molecule has 0 bridgehead atoms. The van der Waals surface area contributed by atoms with E-state index in [9.17, 15) is 4.79 Å². The lowest BCUT2D eigenvalue weighted by Crippen LogP contribution is -2.35. The maximum absolute atomic E-state index is 13.7. The second kappa shape index (κ2) is 19.3. The Morgan fingerprint density at radius 3 is 1.79 bits per heavy atom. The molecule has 1 atom stereocenters. The van der Waals surface area contributed by atoms with Gasteiger partial charge in [0.15, 0.2) is 0 Å². The number of carbonyl (C=O) groups is 1. The molecule has 1 aliphatic rings. The van der Waals surface area contributed by atoms with Gasteiger partial charge in [0.25, 0.3) is 0 Å². The fraction of sp³-hybridized carbons (Fsp3) is 0.788. The third-order valence-corrected chi connectivity index (χ3v) is 8.39. The second-order valence-corrected chi connectivity index (χ2v) is 11.4. The maximum Gasteiger partial charge on any atom is 0.141 e. The highest BCUT2D eigenvalue weighted by Gasteiger charge is 2.28. The van der Waals surface area contributed by atoms with E-state index in [2.05, 4.69) is 18.7 Å². The van der Waals surface area contributed by atoms with Crippen molar-refractivity contribution < 1.29 is 19.0 Å². The normalized spacial score (nSPS) is 15.4. The van der Waals surface area contributed by atoms with Crippen LogP contribution in [-0.2, 0) is 4.79 Å². The molecule has 1 aromatic rings. The fourth-order valence-electron chi connectivity index (χ4n) is 5.76. The summed E-state index contributed by atoms with van der Waals surface area (Å²) in [5.41, 5.74) is 0.885. The molecule has 38 heavy (non-hydrogen) atoms. The molecule has 0 N–H and O–H groups in total. The number of methoxy groups -OCH3 is 3. The average Bonchev–Trinajstić information content (AvgIpc) is 2.94. The predicted molar refractivity (Wildman–Crippen MR) is 159 cm³/mol.